The predicted molar refractivity (Wildman–Crippen MR) is 71.6 cm³/mol. The van der Waals surface area contributed by atoms with Crippen molar-refractivity contribution < 1.29 is 0 Å². The van der Waals surface area contributed by atoms with E-state index in [2.05, 4.69) is 41.1 Å². The van der Waals surface area contributed by atoms with Crippen molar-refractivity contribution in [1.29, 1.82) is 0 Å². The van der Waals surface area contributed by atoms with Crippen molar-refractivity contribution in [1.82, 2.24) is 20.0 Å². The van der Waals surface area contributed by atoms with Crippen LogP contribution >= 0.6 is 0 Å². The average Bonchev–Trinajstić information content (AvgIpc) is 2.85. The van der Waals surface area contributed by atoms with Gasteiger partial charge in [0, 0.05) is 32.5 Å². The summed E-state index contributed by atoms with van der Waals surface area (Å²) >= 11 is 0. The van der Waals surface area contributed by atoms with Gasteiger partial charge in [-0.25, -0.2) is 0 Å². The molecule has 2 aromatic heterocycles. The molecule has 2 aromatic rings. The van der Waals surface area contributed by atoms with Crippen LogP contribution in [0.5, 0.6) is 0 Å². The van der Waals surface area contributed by atoms with Gasteiger partial charge in [0.2, 0.25) is 0 Å². The number of hydrogen-bond donors (Lipinski definition) is 0. The molecule has 5 nitrogen and oxygen atoms in total. The molecule has 0 aliphatic carbocycles. The minimum absolute atomic E-state index is 0.926. The van der Waals surface area contributed by atoms with Crippen molar-refractivity contribution in [3.8, 4) is 0 Å². The summed E-state index contributed by atoms with van der Waals surface area (Å²) in [7, 11) is 2.06. The highest BCUT2D eigenvalue weighted by Crippen LogP contribution is 2.17. The van der Waals surface area contributed by atoms with Crippen LogP contribution in [0.4, 0.5) is 5.82 Å². The first kappa shape index (κ1) is 12.5. The van der Waals surface area contributed by atoms with E-state index in [1.807, 2.05) is 16.9 Å². The van der Waals surface area contributed by atoms with Gasteiger partial charge in [0.15, 0.2) is 5.82 Å². The van der Waals surface area contributed by atoms with Crippen molar-refractivity contribution in [2.75, 3.05) is 18.5 Å². The first-order valence-electron chi connectivity index (χ1n) is 6.16. The lowest BCUT2D eigenvalue weighted by Gasteiger charge is -2.20. The predicted octanol–water partition coefficient (Wildman–Crippen LogP) is 1.82. The fraction of sp³-hybridized carbons (Fsp3) is 0.462. The van der Waals surface area contributed by atoms with Crippen LogP contribution in [-0.2, 0) is 6.54 Å². The first-order chi connectivity index (χ1) is 8.68. The molecule has 0 atom stereocenters. The van der Waals surface area contributed by atoms with E-state index in [4.69, 9.17) is 0 Å². The number of rotatable bonds is 5. The third kappa shape index (κ3) is 2.85. The lowest BCUT2D eigenvalue weighted by atomic mass is 10.2. The number of nitrogens with zero attached hydrogens (tertiary/aromatic N) is 5. The fourth-order valence-electron chi connectivity index (χ4n) is 1.89. The molecular formula is C13H19N5. The Labute approximate surface area is 107 Å². The quantitative estimate of drug-likeness (QED) is 0.806. The lowest BCUT2D eigenvalue weighted by molar-refractivity contribution is 0.576. The van der Waals surface area contributed by atoms with Gasteiger partial charge < -0.3 is 4.90 Å². The molecule has 5 heteroatoms. The monoisotopic (exact) mass is 245 g/mol. The van der Waals surface area contributed by atoms with Crippen molar-refractivity contribution >= 4 is 5.82 Å². The van der Waals surface area contributed by atoms with Gasteiger partial charge in [-0.15, -0.1) is 5.10 Å². The standard InChI is InChI=1S/C13H19N5/c1-11-10-14-16-13(12(11)2)17(3)7-5-9-18-8-4-6-15-18/h4,6,8,10H,5,7,9H2,1-3H3. The molecule has 0 N–H and O–H groups in total. The second kappa shape index (κ2) is 5.62. The molecule has 0 radical (unpaired) electrons. The van der Waals surface area contributed by atoms with E-state index in [0.717, 1.165) is 25.3 Å². The Morgan fingerprint density at radius 2 is 2.17 bits per heavy atom. The minimum atomic E-state index is 0.926. The molecule has 0 amide bonds. The summed E-state index contributed by atoms with van der Waals surface area (Å²) < 4.78 is 1.95. The molecule has 0 aliphatic rings. The Balaban J connectivity index is 1.91. The summed E-state index contributed by atoms with van der Waals surface area (Å²) in [5.41, 5.74) is 2.38. The van der Waals surface area contributed by atoms with Gasteiger partial charge >= 0.3 is 0 Å². The summed E-state index contributed by atoms with van der Waals surface area (Å²) in [6.45, 7) is 6.02. The molecule has 0 saturated heterocycles. The van der Waals surface area contributed by atoms with E-state index in [1.54, 1.807) is 12.4 Å². The zero-order valence-electron chi connectivity index (χ0n) is 11.2. The number of aromatic nitrogens is 4. The van der Waals surface area contributed by atoms with Gasteiger partial charge in [-0.05, 0) is 37.5 Å². The Morgan fingerprint density at radius 1 is 1.33 bits per heavy atom. The van der Waals surface area contributed by atoms with E-state index in [-0.39, 0.29) is 0 Å². The van der Waals surface area contributed by atoms with Crippen LogP contribution in [0.15, 0.2) is 24.7 Å². The minimum Gasteiger partial charge on any atom is -0.358 e. The molecule has 18 heavy (non-hydrogen) atoms. The molecule has 0 aliphatic heterocycles. The van der Waals surface area contributed by atoms with E-state index >= 15 is 0 Å². The maximum absolute atomic E-state index is 4.21. The van der Waals surface area contributed by atoms with Crippen molar-refractivity contribution in [3.05, 3.63) is 35.8 Å². The Kier molecular flexibility index (Phi) is 3.92. The van der Waals surface area contributed by atoms with Crippen molar-refractivity contribution in [2.24, 2.45) is 0 Å². The van der Waals surface area contributed by atoms with Crippen LogP contribution in [0.3, 0.4) is 0 Å². The summed E-state index contributed by atoms with van der Waals surface area (Å²) in [5.74, 6) is 0.968. The maximum Gasteiger partial charge on any atom is 0.154 e. The summed E-state index contributed by atoms with van der Waals surface area (Å²) in [6.07, 6.45) is 6.63. The zero-order chi connectivity index (χ0) is 13.0. The first-order valence-corrected chi connectivity index (χ1v) is 6.16. The summed E-state index contributed by atoms with van der Waals surface area (Å²) in [6, 6.07) is 1.94. The molecule has 0 unspecified atom stereocenters. The van der Waals surface area contributed by atoms with Gasteiger partial charge in [0.1, 0.15) is 0 Å². The molecule has 96 valence electrons. The van der Waals surface area contributed by atoms with Crippen LogP contribution in [0.25, 0.3) is 0 Å². The van der Waals surface area contributed by atoms with Crippen LogP contribution in [0, 0.1) is 13.8 Å². The van der Waals surface area contributed by atoms with E-state index in [1.165, 1.54) is 11.1 Å². The fourth-order valence-corrected chi connectivity index (χ4v) is 1.89. The van der Waals surface area contributed by atoms with Gasteiger partial charge in [-0.3, -0.25) is 4.68 Å². The molecule has 2 rings (SSSR count). The smallest absolute Gasteiger partial charge is 0.154 e. The molecule has 0 saturated carbocycles. The van der Waals surface area contributed by atoms with Crippen LogP contribution in [-0.4, -0.2) is 33.6 Å². The molecule has 0 aromatic carbocycles. The van der Waals surface area contributed by atoms with Crippen LogP contribution in [0.1, 0.15) is 17.5 Å². The summed E-state index contributed by atoms with van der Waals surface area (Å²) in [4.78, 5) is 2.15. The van der Waals surface area contributed by atoms with Crippen molar-refractivity contribution in [2.45, 2.75) is 26.8 Å². The number of anilines is 1. The second-order valence-electron chi connectivity index (χ2n) is 4.52. The topological polar surface area (TPSA) is 46.8 Å². The van der Waals surface area contributed by atoms with E-state index in [9.17, 15) is 0 Å². The SMILES string of the molecule is Cc1cnnc(N(C)CCCn2cccn2)c1C. The second-order valence-corrected chi connectivity index (χ2v) is 4.52. The Morgan fingerprint density at radius 3 is 2.89 bits per heavy atom. The van der Waals surface area contributed by atoms with Gasteiger partial charge in [0.25, 0.3) is 0 Å². The molecule has 0 bridgehead atoms. The zero-order valence-corrected chi connectivity index (χ0v) is 11.2. The van der Waals surface area contributed by atoms with Gasteiger partial charge in [0.05, 0.1) is 6.20 Å². The third-order valence-electron chi connectivity index (χ3n) is 3.13. The van der Waals surface area contributed by atoms with Crippen LogP contribution < -0.4 is 4.90 Å². The third-order valence-corrected chi connectivity index (χ3v) is 3.13. The van der Waals surface area contributed by atoms with Crippen LogP contribution in [0.2, 0.25) is 0 Å². The molecule has 2 heterocycles. The molecule has 0 fully saturated rings. The highest BCUT2D eigenvalue weighted by molar-refractivity contribution is 5.47. The molecule has 0 spiro atoms. The highest BCUT2D eigenvalue weighted by atomic mass is 15.3. The Hall–Kier alpha value is -1.91. The highest BCUT2D eigenvalue weighted by Gasteiger charge is 2.08. The van der Waals surface area contributed by atoms with E-state index in [0.29, 0.717) is 0 Å². The number of aryl methyl sites for hydroxylation is 2. The van der Waals surface area contributed by atoms with E-state index < -0.39 is 0 Å². The summed E-state index contributed by atoms with van der Waals surface area (Å²) in [5, 5.41) is 12.4. The average molecular weight is 245 g/mol. The maximum atomic E-state index is 4.21. The Bertz CT molecular complexity index is 492. The normalized spacial score (nSPS) is 10.6. The van der Waals surface area contributed by atoms with Gasteiger partial charge in [-0.2, -0.15) is 10.2 Å². The number of hydrogen-bond acceptors (Lipinski definition) is 4. The molecular weight excluding hydrogens is 226 g/mol. The largest absolute Gasteiger partial charge is 0.358 e. The van der Waals surface area contributed by atoms with Gasteiger partial charge in [-0.1, -0.05) is 0 Å². The lowest BCUT2D eigenvalue weighted by Crippen LogP contribution is -2.22. The van der Waals surface area contributed by atoms with Crippen molar-refractivity contribution in [3.63, 3.8) is 0 Å².